The van der Waals surface area contributed by atoms with Crippen molar-refractivity contribution in [1.29, 1.82) is 0 Å². The topological polar surface area (TPSA) is 53.4 Å². The third-order valence-electron chi connectivity index (χ3n) is 3.74. The van der Waals surface area contributed by atoms with Crippen molar-refractivity contribution >= 4 is 27.7 Å². The lowest BCUT2D eigenvalue weighted by Crippen LogP contribution is -2.33. The van der Waals surface area contributed by atoms with Crippen molar-refractivity contribution in [2.45, 2.75) is 25.3 Å². The summed E-state index contributed by atoms with van der Waals surface area (Å²) in [6.45, 7) is 0.958. The summed E-state index contributed by atoms with van der Waals surface area (Å²) in [6.07, 6.45) is 5.31. The predicted octanol–water partition coefficient (Wildman–Crippen LogP) is 2.53. The van der Waals surface area contributed by atoms with Crippen LogP contribution in [-0.2, 0) is 0 Å². The van der Waals surface area contributed by atoms with E-state index < -0.39 is 5.97 Å². The van der Waals surface area contributed by atoms with Crippen molar-refractivity contribution in [1.82, 2.24) is 4.98 Å². The Morgan fingerprint density at radius 2 is 2.35 bits per heavy atom. The zero-order chi connectivity index (χ0) is 12.0. The number of hydrogen-bond acceptors (Lipinski definition) is 3. The molecule has 1 aromatic rings. The Hall–Kier alpha value is -1.10. The van der Waals surface area contributed by atoms with E-state index in [1.807, 2.05) is 0 Å². The number of aromatic nitrogens is 1. The molecular formula is C12H13BrN2O2. The van der Waals surface area contributed by atoms with Gasteiger partial charge in [-0.25, -0.2) is 9.78 Å². The first-order valence-electron chi connectivity index (χ1n) is 5.80. The van der Waals surface area contributed by atoms with E-state index in [2.05, 4.69) is 25.8 Å². The molecule has 0 aromatic carbocycles. The fourth-order valence-electron chi connectivity index (χ4n) is 3.00. The lowest BCUT2D eigenvalue weighted by molar-refractivity contribution is 0.0697. The first-order chi connectivity index (χ1) is 8.15. The number of carboxylic acid groups (broad SMARTS) is 1. The number of carbonyl (C=O) groups is 1. The number of pyridine rings is 1. The molecule has 2 aliphatic rings. The van der Waals surface area contributed by atoms with Gasteiger partial charge in [-0.3, -0.25) is 0 Å². The molecule has 3 rings (SSSR count). The molecule has 1 saturated heterocycles. The Kier molecular flexibility index (Phi) is 2.58. The highest BCUT2D eigenvalue weighted by Crippen LogP contribution is 2.40. The minimum absolute atomic E-state index is 0.298. The Labute approximate surface area is 108 Å². The molecule has 1 N–H and O–H groups in total. The van der Waals surface area contributed by atoms with Crippen molar-refractivity contribution in [3.8, 4) is 0 Å². The van der Waals surface area contributed by atoms with Crippen LogP contribution >= 0.6 is 15.9 Å². The van der Waals surface area contributed by atoms with E-state index >= 15 is 0 Å². The average Bonchev–Trinajstić information content (AvgIpc) is 2.90. The minimum Gasteiger partial charge on any atom is -0.478 e. The van der Waals surface area contributed by atoms with Crippen LogP contribution in [0.4, 0.5) is 5.82 Å². The number of aromatic carboxylic acids is 1. The maximum atomic E-state index is 11.2. The summed E-state index contributed by atoms with van der Waals surface area (Å²) in [5.74, 6) is 0.455. The maximum absolute atomic E-state index is 11.2. The van der Waals surface area contributed by atoms with Crippen molar-refractivity contribution < 1.29 is 9.90 Å². The SMILES string of the molecule is O=C(O)c1cc(Br)cnc1N1CC2CCC1C2. The van der Waals surface area contributed by atoms with E-state index in [-0.39, 0.29) is 0 Å². The standard InChI is InChI=1S/C12H13BrN2O2/c13-8-4-10(12(16)17)11(14-5-8)15-6-7-1-2-9(15)3-7/h4-5,7,9H,1-3,6H2,(H,16,17). The third-order valence-corrected chi connectivity index (χ3v) is 4.18. The molecule has 5 heteroatoms. The number of halogens is 1. The lowest BCUT2D eigenvalue weighted by Gasteiger charge is -2.29. The van der Waals surface area contributed by atoms with Gasteiger partial charge >= 0.3 is 5.97 Å². The summed E-state index contributed by atoms with van der Waals surface area (Å²) >= 11 is 3.27. The van der Waals surface area contributed by atoms with Gasteiger partial charge in [-0.2, -0.15) is 0 Å². The van der Waals surface area contributed by atoms with Gasteiger partial charge in [0.05, 0.1) is 0 Å². The molecule has 4 nitrogen and oxygen atoms in total. The van der Waals surface area contributed by atoms with E-state index in [1.54, 1.807) is 12.3 Å². The largest absolute Gasteiger partial charge is 0.478 e. The zero-order valence-electron chi connectivity index (χ0n) is 9.27. The van der Waals surface area contributed by atoms with Crippen molar-refractivity contribution in [2.24, 2.45) is 5.92 Å². The smallest absolute Gasteiger partial charge is 0.339 e. The van der Waals surface area contributed by atoms with Crippen LogP contribution in [0.2, 0.25) is 0 Å². The fraction of sp³-hybridized carbons (Fsp3) is 0.500. The molecule has 1 aromatic heterocycles. The lowest BCUT2D eigenvalue weighted by atomic mass is 10.1. The highest BCUT2D eigenvalue weighted by Gasteiger charge is 2.39. The van der Waals surface area contributed by atoms with Crippen LogP contribution in [0, 0.1) is 5.92 Å². The Bertz CT molecular complexity index is 478. The highest BCUT2D eigenvalue weighted by molar-refractivity contribution is 9.10. The molecule has 2 atom stereocenters. The summed E-state index contributed by atoms with van der Waals surface area (Å²) in [7, 11) is 0. The Balaban J connectivity index is 2.00. The predicted molar refractivity (Wildman–Crippen MR) is 67.4 cm³/mol. The number of nitrogens with zero attached hydrogens (tertiary/aromatic N) is 2. The average molecular weight is 297 g/mol. The quantitative estimate of drug-likeness (QED) is 0.911. The van der Waals surface area contributed by atoms with Crippen LogP contribution in [0.25, 0.3) is 0 Å². The Morgan fingerprint density at radius 3 is 2.94 bits per heavy atom. The summed E-state index contributed by atoms with van der Waals surface area (Å²) < 4.78 is 0.711. The summed E-state index contributed by atoms with van der Waals surface area (Å²) in [5, 5.41) is 9.23. The van der Waals surface area contributed by atoms with Crippen LogP contribution in [0.15, 0.2) is 16.7 Å². The van der Waals surface area contributed by atoms with Gasteiger partial charge < -0.3 is 10.0 Å². The monoisotopic (exact) mass is 296 g/mol. The molecule has 0 radical (unpaired) electrons. The molecule has 17 heavy (non-hydrogen) atoms. The number of carboxylic acids is 1. The second-order valence-corrected chi connectivity index (χ2v) is 5.73. The van der Waals surface area contributed by atoms with E-state index in [0.717, 1.165) is 12.5 Å². The van der Waals surface area contributed by atoms with Gasteiger partial charge in [0.15, 0.2) is 0 Å². The van der Waals surface area contributed by atoms with Crippen LogP contribution in [0.1, 0.15) is 29.6 Å². The molecule has 2 fully saturated rings. The molecule has 2 unspecified atom stereocenters. The summed E-state index contributed by atoms with van der Waals surface area (Å²) in [5.41, 5.74) is 0.298. The molecule has 0 amide bonds. The molecule has 1 saturated carbocycles. The molecule has 2 heterocycles. The molecule has 90 valence electrons. The minimum atomic E-state index is -0.906. The molecule has 1 aliphatic carbocycles. The maximum Gasteiger partial charge on any atom is 0.339 e. The fourth-order valence-corrected chi connectivity index (χ4v) is 3.33. The van der Waals surface area contributed by atoms with Gasteiger partial charge in [-0.05, 0) is 47.2 Å². The van der Waals surface area contributed by atoms with Crippen LogP contribution < -0.4 is 4.90 Å². The number of hydrogen-bond donors (Lipinski definition) is 1. The normalized spacial score (nSPS) is 26.5. The van der Waals surface area contributed by atoms with Gasteiger partial charge in [-0.15, -0.1) is 0 Å². The summed E-state index contributed by atoms with van der Waals surface area (Å²) in [4.78, 5) is 17.7. The Morgan fingerprint density at radius 1 is 1.53 bits per heavy atom. The van der Waals surface area contributed by atoms with Crippen molar-refractivity contribution in [3.05, 3.63) is 22.3 Å². The van der Waals surface area contributed by atoms with Crippen LogP contribution in [0.5, 0.6) is 0 Å². The highest BCUT2D eigenvalue weighted by atomic mass is 79.9. The van der Waals surface area contributed by atoms with Gasteiger partial charge in [0, 0.05) is 23.3 Å². The van der Waals surface area contributed by atoms with Crippen molar-refractivity contribution in [3.63, 3.8) is 0 Å². The zero-order valence-corrected chi connectivity index (χ0v) is 10.9. The molecular weight excluding hydrogens is 284 g/mol. The van der Waals surface area contributed by atoms with Crippen molar-refractivity contribution in [2.75, 3.05) is 11.4 Å². The molecule has 0 spiro atoms. The second-order valence-electron chi connectivity index (χ2n) is 4.82. The van der Waals surface area contributed by atoms with Gasteiger partial charge in [0.1, 0.15) is 11.4 Å². The number of fused-ring (bicyclic) bond motifs is 2. The number of piperidine rings is 1. The van der Waals surface area contributed by atoms with Gasteiger partial charge in [0.2, 0.25) is 0 Å². The van der Waals surface area contributed by atoms with Gasteiger partial charge in [-0.1, -0.05) is 0 Å². The van der Waals surface area contributed by atoms with Crippen LogP contribution in [-0.4, -0.2) is 28.6 Å². The van der Waals surface area contributed by atoms with E-state index in [1.165, 1.54) is 19.3 Å². The first kappa shape index (κ1) is 11.0. The molecule has 2 bridgehead atoms. The molecule has 1 aliphatic heterocycles. The number of anilines is 1. The van der Waals surface area contributed by atoms with E-state index in [0.29, 0.717) is 21.9 Å². The summed E-state index contributed by atoms with van der Waals surface area (Å²) in [6, 6.07) is 2.13. The third kappa shape index (κ3) is 1.82. The second kappa shape index (κ2) is 3.98. The van der Waals surface area contributed by atoms with E-state index in [9.17, 15) is 9.90 Å². The van der Waals surface area contributed by atoms with Gasteiger partial charge in [0.25, 0.3) is 0 Å². The van der Waals surface area contributed by atoms with E-state index in [4.69, 9.17) is 0 Å². The number of rotatable bonds is 2. The first-order valence-corrected chi connectivity index (χ1v) is 6.60. The van der Waals surface area contributed by atoms with Crippen LogP contribution in [0.3, 0.4) is 0 Å².